The normalized spacial score (nSPS) is 10.4. The van der Waals surface area contributed by atoms with Crippen molar-refractivity contribution in [3.63, 3.8) is 0 Å². The summed E-state index contributed by atoms with van der Waals surface area (Å²) in [7, 11) is 0. The van der Waals surface area contributed by atoms with Crippen molar-refractivity contribution in [2.75, 3.05) is 11.4 Å². The molecule has 0 aliphatic rings. The molecule has 4 nitrogen and oxygen atoms in total. The zero-order valence-corrected chi connectivity index (χ0v) is 12.3. The first-order chi connectivity index (χ1) is 10.1. The highest BCUT2D eigenvalue weighted by Crippen LogP contribution is 2.21. The summed E-state index contributed by atoms with van der Waals surface area (Å²) in [4.78, 5) is 14.3. The van der Waals surface area contributed by atoms with E-state index in [1.54, 1.807) is 30.0 Å². The lowest BCUT2D eigenvalue weighted by Gasteiger charge is -2.21. The standard InChI is InChI=1S/C17H20N2O2/c1-3-19(15-7-4-13(11-18)5-8-15)17(21)14-6-9-16(20)12(2)10-14/h4-10,20H,3,11,18H2,1-2H3. The van der Waals surface area contributed by atoms with E-state index in [4.69, 9.17) is 5.73 Å². The minimum atomic E-state index is -0.0823. The van der Waals surface area contributed by atoms with Gasteiger partial charge in [-0.2, -0.15) is 0 Å². The number of carbonyl (C=O) groups excluding carboxylic acids is 1. The van der Waals surface area contributed by atoms with Gasteiger partial charge in [-0.1, -0.05) is 12.1 Å². The lowest BCUT2D eigenvalue weighted by Crippen LogP contribution is -2.30. The van der Waals surface area contributed by atoms with Crippen molar-refractivity contribution in [2.24, 2.45) is 5.73 Å². The molecular formula is C17H20N2O2. The number of anilines is 1. The van der Waals surface area contributed by atoms with Gasteiger partial charge in [0.1, 0.15) is 5.75 Å². The van der Waals surface area contributed by atoms with E-state index in [9.17, 15) is 9.90 Å². The fourth-order valence-electron chi connectivity index (χ4n) is 2.20. The van der Waals surface area contributed by atoms with Crippen molar-refractivity contribution in [2.45, 2.75) is 20.4 Å². The van der Waals surface area contributed by atoms with Crippen LogP contribution in [0.5, 0.6) is 5.75 Å². The molecule has 0 bridgehead atoms. The van der Waals surface area contributed by atoms with Gasteiger partial charge in [-0.05, 0) is 55.3 Å². The van der Waals surface area contributed by atoms with Crippen LogP contribution in [0.25, 0.3) is 0 Å². The molecule has 2 rings (SSSR count). The quantitative estimate of drug-likeness (QED) is 0.907. The molecule has 0 aromatic heterocycles. The van der Waals surface area contributed by atoms with E-state index in [2.05, 4.69) is 0 Å². The first-order valence-corrected chi connectivity index (χ1v) is 6.97. The Morgan fingerprint density at radius 3 is 2.38 bits per heavy atom. The summed E-state index contributed by atoms with van der Waals surface area (Å²) in [6.45, 7) is 4.76. The number of rotatable bonds is 4. The predicted octanol–water partition coefficient (Wildman–Crippen LogP) is 2.83. The molecular weight excluding hydrogens is 264 g/mol. The molecule has 0 fully saturated rings. The van der Waals surface area contributed by atoms with E-state index in [0.29, 0.717) is 24.2 Å². The van der Waals surface area contributed by atoms with Gasteiger partial charge >= 0.3 is 0 Å². The van der Waals surface area contributed by atoms with E-state index in [0.717, 1.165) is 11.3 Å². The van der Waals surface area contributed by atoms with Crippen molar-refractivity contribution in [3.05, 3.63) is 59.2 Å². The smallest absolute Gasteiger partial charge is 0.258 e. The molecule has 110 valence electrons. The molecule has 0 aliphatic carbocycles. The molecule has 0 unspecified atom stereocenters. The Hall–Kier alpha value is -2.33. The van der Waals surface area contributed by atoms with Gasteiger partial charge in [-0.3, -0.25) is 4.79 Å². The maximum absolute atomic E-state index is 12.6. The van der Waals surface area contributed by atoms with Gasteiger partial charge < -0.3 is 15.7 Å². The summed E-state index contributed by atoms with van der Waals surface area (Å²) in [5, 5.41) is 9.56. The highest BCUT2D eigenvalue weighted by Gasteiger charge is 2.16. The fourth-order valence-corrected chi connectivity index (χ4v) is 2.20. The Kier molecular flexibility index (Phi) is 4.60. The monoisotopic (exact) mass is 284 g/mol. The third-order valence-corrected chi connectivity index (χ3v) is 3.49. The predicted molar refractivity (Wildman–Crippen MR) is 84.5 cm³/mol. The largest absolute Gasteiger partial charge is 0.508 e. The number of amides is 1. The molecule has 0 heterocycles. The minimum absolute atomic E-state index is 0.0823. The van der Waals surface area contributed by atoms with Gasteiger partial charge in [-0.15, -0.1) is 0 Å². The van der Waals surface area contributed by atoms with Gasteiger partial charge in [-0.25, -0.2) is 0 Å². The van der Waals surface area contributed by atoms with E-state index >= 15 is 0 Å². The summed E-state index contributed by atoms with van der Waals surface area (Å²) in [5.74, 6) is 0.114. The first kappa shape index (κ1) is 15.1. The molecule has 1 amide bonds. The fraction of sp³-hybridized carbons (Fsp3) is 0.235. The van der Waals surface area contributed by atoms with Crippen LogP contribution in [0.1, 0.15) is 28.4 Å². The van der Waals surface area contributed by atoms with Crippen LogP contribution >= 0.6 is 0 Å². The van der Waals surface area contributed by atoms with Crippen molar-refractivity contribution in [1.29, 1.82) is 0 Å². The maximum Gasteiger partial charge on any atom is 0.258 e. The van der Waals surface area contributed by atoms with Crippen molar-refractivity contribution >= 4 is 11.6 Å². The van der Waals surface area contributed by atoms with Crippen LogP contribution in [0.2, 0.25) is 0 Å². The number of benzene rings is 2. The molecule has 21 heavy (non-hydrogen) atoms. The molecule has 0 saturated heterocycles. The summed E-state index contributed by atoms with van der Waals surface area (Å²) >= 11 is 0. The number of phenols is 1. The number of carbonyl (C=O) groups is 1. The van der Waals surface area contributed by atoms with Crippen molar-refractivity contribution in [1.82, 2.24) is 0 Å². The highest BCUT2D eigenvalue weighted by atomic mass is 16.3. The second-order valence-corrected chi connectivity index (χ2v) is 4.92. The number of hydrogen-bond acceptors (Lipinski definition) is 3. The van der Waals surface area contributed by atoms with Crippen molar-refractivity contribution < 1.29 is 9.90 Å². The maximum atomic E-state index is 12.6. The summed E-state index contributed by atoms with van der Waals surface area (Å²) in [6.07, 6.45) is 0. The van der Waals surface area contributed by atoms with Crippen LogP contribution in [-0.2, 0) is 6.54 Å². The SMILES string of the molecule is CCN(C(=O)c1ccc(O)c(C)c1)c1ccc(CN)cc1. The minimum Gasteiger partial charge on any atom is -0.508 e. The summed E-state index contributed by atoms with van der Waals surface area (Å²) < 4.78 is 0. The van der Waals surface area contributed by atoms with Crippen LogP contribution < -0.4 is 10.6 Å². The Morgan fingerprint density at radius 1 is 1.19 bits per heavy atom. The molecule has 2 aromatic carbocycles. The van der Waals surface area contributed by atoms with Crippen molar-refractivity contribution in [3.8, 4) is 5.75 Å². The molecule has 0 aliphatic heterocycles. The zero-order chi connectivity index (χ0) is 15.4. The lowest BCUT2D eigenvalue weighted by atomic mass is 10.1. The van der Waals surface area contributed by atoms with Gasteiger partial charge in [0.05, 0.1) is 0 Å². The molecule has 0 atom stereocenters. The Balaban J connectivity index is 2.30. The van der Waals surface area contributed by atoms with Gasteiger partial charge in [0.25, 0.3) is 5.91 Å². The highest BCUT2D eigenvalue weighted by molar-refractivity contribution is 6.06. The summed E-state index contributed by atoms with van der Waals surface area (Å²) in [5.41, 5.74) is 8.71. The second kappa shape index (κ2) is 6.41. The molecule has 0 saturated carbocycles. The third kappa shape index (κ3) is 3.23. The number of aromatic hydroxyl groups is 1. The lowest BCUT2D eigenvalue weighted by molar-refractivity contribution is 0.0988. The van der Waals surface area contributed by atoms with Gasteiger partial charge in [0, 0.05) is 24.3 Å². The van der Waals surface area contributed by atoms with Crippen LogP contribution in [0.3, 0.4) is 0 Å². The zero-order valence-electron chi connectivity index (χ0n) is 12.3. The van der Waals surface area contributed by atoms with Crippen LogP contribution in [0.15, 0.2) is 42.5 Å². The van der Waals surface area contributed by atoms with E-state index in [1.807, 2.05) is 31.2 Å². The van der Waals surface area contributed by atoms with Crippen LogP contribution in [-0.4, -0.2) is 17.6 Å². The van der Waals surface area contributed by atoms with E-state index in [1.165, 1.54) is 0 Å². The number of hydrogen-bond donors (Lipinski definition) is 2. The molecule has 0 spiro atoms. The third-order valence-electron chi connectivity index (χ3n) is 3.49. The van der Waals surface area contributed by atoms with E-state index < -0.39 is 0 Å². The van der Waals surface area contributed by atoms with Gasteiger partial charge in [0.15, 0.2) is 0 Å². The average molecular weight is 284 g/mol. The van der Waals surface area contributed by atoms with Crippen LogP contribution in [0, 0.1) is 6.92 Å². The Labute approximate surface area is 124 Å². The van der Waals surface area contributed by atoms with Crippen LogP contribution in [0.4, 0.5) is 5.69 Å². The van der Waals surface area contributed by atoms with Gasteiger partial charge in [0.2, 0.25) is 0 Å². The molecule has 0 radical (unpaired) electrons. The number of nitrogens with zero attached hydrogens (tertiary/aromatic N) is 1. The summed E-state index contributed by atoms with van der Waals surface area (Å²) in [6, 6.07) is 12.5. The van der Waals surface area contributed by atoms with E-state index in [-0.39, 0.29) is 11.7 Å². The number of nitrogens with two attached hydrogens (primary N) is 1. The number of phenolic OH excluding ortho intramolecular Hbond substituents is 1. The molecule has 2 aromatic rings. The Morgan fingerprint density at radius 2 is 1.86 bits per heavy atom. The number of aryl methyl sites for hydroxylation is 1. The molecule has 3 N–H and O–H groups in total. The second-order valence-electron chi connectivity index (χ2n) is 4.92. The topological polar surface area (TPSA) is 66.6 Å². The molecule has 4 heteroatoms. The first-order valence-electron chi connectivity index (χ1n) is 6.97. The average Bonchev–Trinajstić information content (AvgIpc) is 2.51. The Bertz CT molecular complexity index is 636.